The lowest BCUT2D eigenvalue weighted by Crippen LogP contribution is -2.56. The Morgan fingerprint density at radius 1 is 0.705 bits per heavy atom. The third-order valence-corrected chi connectivity index (χ3v) is 6.57. The van der Waals surface area contributed by atoms with Crippen molar-refractivity contribution < 1.29 is 28.8 Å². The van der Waals surface area contributed by atoms with Crippen LogP contribution in [0, 0.1) is 0 Å². The van der Waals surface area contributed by atoms with Gasteiger partial charge >= 0.3 is 0 Å². The number of thioether (sulfide) groups is 1. The summed E-state index contributed by atoms with van der Waals surface area (Å²) in [6.45, 7) is 3.00. The van der Waals surface area contributed by atoms with Crippen LogP contribution in [0.5, 0.6) is 0 Å². The van der Waals surface area contributed by atoms with Crippen molar-refractivity contribution in [2.45, 2.75) is 70.1 Å². The molecule has 0 saturated carbocycles. The number of guanidine groups is 2. The largest absolute Gasteiger partial charge is 0.370 e. The summed E-state index contributed by atoms with van der Waals surface area (Å²) in [6, 6.07) is -3.88. The monoisotopic (exact) mass is 644 g/mol. The van der Waals surface area contributed by atoms with Crippen molar-refractivity contribution in [3.63, 3.8) is 0 Å². The van der Waals surface area contributed by atoms with E-state index in [9.17, 15) is 28.8 Å². The first-order valence-corrected chi connectivity index (χ1v) is 15.4. The molecule has 0 aromatic rings. The number of amides is 6. The number of nitrogens with zero attached hydrogens (tertiary/aromatic N) is 2. The third-order valence-electron chi connectivity index (χ3n) is 5.90. The first-order valence-electron chi connectivity index (χ1n) is 14.0. The Kier molecular flexibility index (Phi) is 20.1. The van der Waals surface area contributed by atoms with Gasteiger partial charge in [-0.3, -0.25) is 38.8 Å². The molecule has 250 valence electrons. The molecule has 0 aromatic carbocycles. The van der Waals surface area contributed by atoms with Gasteiger partial charge in [-0.25, -0.2) is 0 Å². The standard InChI is InChI=1S/C25H48N12O6S/c1-5-18(38)36-17(13-44-4)23(43)34-14(2)20(40)33-12-19(39)35-16(9-7-11-32-25(28)29)22(42)37-15(21(41)30-3)8-6-10-31-24(26)27/h14-17H,5-13H2,1-4H3,(H,30,41)(H,33,40)(H,34,43)(H,35,39)(H,36,38)(H,37,42)(H4,26,27,31)(H4,28,29,32)/t14-,15+,16+,17-/m0/s1. The number of likely N-dealkylation sites (N-methyl/N-ethyl adjacent to an activating group) is 1. The molecular weight excluding hydrogens is 596 g/mol. The van der Waals surface area contributed by atoms with Gasteiger partial charge in [0.05, 0.1) is 6.54 Å². The first kappa shape index (κ1) is 39.7. The van der Waals surface area contributed by atoms with Gasteiger partial charge in [0.1, 0.15) is 24.2 Å². The SMILES string of the molecule is CCC(=O)N[C@@H](CSC)C(=O)N[C@@H](C)C(=O)NCC(=O)N[C@H](CCCN=C(N)N)C(=O)N[C@H](CCCN=C(N)N)C(=O)NC. The fourth-order valence-electron chi connectivity index (χ4n) is 3.58. The molecule has 18 nitrogen and oxygen atoms in total. The molecule has 19 heteroatoms. The lowest BCUT2D eigenvalue weighted by atomic mass is 10.1. The normalized spacial score (nSPS) is 13.1. The number of carbonyl (C=O) groups is 6. The summed E-state index contributed by atoms with van der Waals surface area (Å²) in [7, 11) is 1.42. The molecule has 0 aliphatic rings. The van der Waals surface area contributed by atoms with Crippen LogP contribution in [0.1, 0.15) is 46.0 Å². The molecule has 0 spiro atoms. The summed E-state index contributed by atoms with van der Waals surface area (Å²) in [5.41, 5.74) is 21.3. The number of carbonyl (C=O) groups excluding carboxylic acids is 6. The summed E-state index contributed by atoms with van der Waals surface area (Å²) >= 11 is 1.35. The van der Waals surface area contributed by atoms with Crippen LogP contribution in [0.4, 0.5) is 0 Å². The van der Waals surface area contributed by atoms with Gasteiger partial charge < -0.3 is 54.8 Å². The average Bonchev–Trinajstić information content (AvgIpc) is 2.97. The van der Waals surface area contributed by atoms with Crippen LogP contribution in [0.25, 0.3) is 0 Å². The second-order valence-electron chi connectivity index (χ2n) is 9.57. The fraction of sp³-hybridized carbons (Fsp3) is 0.680. The highest BCUT2D eigenvalue weighted by Crippen LogP contribution is 2.04. The Hall–Kier alpha value is -4.29. The molecule has 44 heavy (non-hydrogen) atoms. The minimum atomic E-state index is -1.09. The van der Waals surface area contributed by atoms with E-state index in [-0.39, 0.29) is 50.2 Å². The highest BCUT2D eigenvalue weighted by Gasteiger charge is 2.27. The van der Waals surface area contributed by atoms with Crippen LogP contribution in [0.3, 0.4) is 0 Å². The third kappa shape index (κ3) is 17.6. The number of rotatable bonds is 21. The van der Waals surface area contributed by atoms with E-state index in [1.165, 1.54) is 25.7 Å². The van der Waals surface area contributed by atoms with E-state index < -0.39 is 60.2 Å². The Morgan fingerprint density at radius 3 is 1.68 bits per heavy atom. The molecular formula is C25H48N12O6S. The highest BCUT2D eigenvalue weighted by atomic mass is 32.2. The van der Waals surface area contributed by atoms with Crippen LogP contribution < -0.4 is 54.8 Å². The molecule has 0 rings (SSSR count). The smallest absolute Gasteiger partial charge is 0.244 e. The molecule has 0 radical (unpaired) electrons. The van der Waals surface area contributed by atoms with Gasteiger partial charge in [-0.2, -0.15) is 11.8 Å². The molecule has 0 saturated heterocycles. The van der Waals surface area contributed by atoms with Crippen molar-refractivity contribution in [2.75, 3.05) is 38.7 Å². The topological polar surface area (TPSA) is 303 Å². The fourth-order valence-corrected chi connectivity index (χ4v) is 4.15. The van der Waals surface area contributed by atoms with Crippen molar-refractivity contribution in [1.82, 2.24) is 31.9 Å². The minimum absolute atomic E-state index is 0.0989. The Morgan fingerprint density at radius 2 is 1.20 bits per heavy atom. The number of hydrogen-bond donors (Lipinski definition) is 10. The zero-order valence-corrected chi connectivity index (χ0v) is 26.6. The Bertz CT molecular complexity index is 1030. The summed E-state index contributed by atoms with van der Waals surface area (Å²) in [6.07, 6.45) is 3.01. The molecule has 0 aromatic heterocycles. The molecule has 0 fully saturated rings. The Labute approximate surface area is 261 Å². The molecule has 0 unspecified atom stereocenters. The zero-order valence-electron chi connectivity index (χ0n) is 25.7. The maximum absolute atomic E-state index is 13.1. The van der Waals surface area contributed by atoms with Crippen LogP contribution >= 0.6 is 11.8 Å². The van der Waals surface area contributed by atoms with Crippen LogP contribution in [0.2, 0.25) is 0 Å². The van der Waals surface area contributed by atoms with Crippen molar-refractivity contribution in [1.29, 1.82) is 0 Å². The van der Waals surface area contributed by atoms with Crippen LogP contribution in [0.15, 0.2) is 9.98 Å². The van der Waals surface area contributed by atoms with E-state index in [1.54, 1.807) is 13.2 Å². The van der Waals surface area contributed by atoms with Crippen molar-refractivity contribution >= 4 is 59.1 Å². The number of nitrogens with one attached hydrogen (secondary N) is 6. The lowest BCUT2D eigenvalue weighted by molar-refractivity contribution is -0.133. The molecule has 6 amide bonds. The minimum Gasteiger partial charge on any atom is -0.370 e. The summed E-state index contributed by atoms with van der Waals surface area (Å²) in [4.78, 5) is 82.8. The first-order chi connectivity index (χ1) is 20.7. The van der Waals surface area contributed by atoms with Gasteiger partial charge in [0.2, 0.25) is 35.4 Å². The van der Waals surface area contributed by atoms with Crippen molar-refractivity contribution in [3.05, 3.63) is 0 Å². The summed E-state index contributed by atoms with van der Waals surface area (Å²) < 4.78 is 0. The van der Waals surface area contributed by atoms with Crippen molar-refractivity contribution in [2.24, 2.45) is 32.9 Å². The number of hydrogen-bond acceptors (Lipinski definition) is 9. The summed E-state index contributed by atoms with van der Waals surface area (Å²) in [5.74, 6) is -3.23. The maximum Gasteiger partial charge on any atom is 0.244 e. The van der Waals surface area contributed by atoms with Crippen LogP contribution in [-0.4, -0.2) is 110 Å². The average molecular weight is 645 g/mol. The zero-order chi connectivity index (χ0) is 33.7. The second-order valence-corrected chi connectivity index (χ2v) is 10.5. The maximum atomic E-state index is 13.1. The number of nitrogens with two attached hydrogens (primary N) is 4. The van der Waals surface area contributed by atoms with Gasteiger partial charge in [0.25, 0.3) is 0 Å². The summed E-state index contributed by atoms with van der Waals surface area (Å²) in [5, 5.41) is 15.2. The van der Waals surface area contributed by atoms with Gasteiger partial charge in [-0.15, -0.1) is 0 Å². The van der Waals surface area contributed by atoms with E-state index >= 15 is 0 Å². The lowest BCUT2D eigenvalue weighted by Gasteiger charge is -2.23. The predicted molar refractivity (Wildman–Crippen MR) is 169 cm³/mol. The Balaban J connectivity index is 5.32. The second kappa shape index (κ2) is 22.3. The molecule has 14 N–H and O–H groups in total. The molecule has 0 bridgehead atoms. The van der Waals surface area contributed by atoms with Crippen LogP contribution in [-0.2, 0) is 28.8 Å². The molecule has 0 aliphatic carbocycles. The number of aliphatic imine (C=N–C) groups is 2. The molecule has 0 heterocycles. The molecule has 0 aliphatic heterocycles. The quantitative estimate of drug-likeness (QED) is 0.0324. The van der Waals surface area contributed by atoms with E-state index in [4.69, 9.17) is 22.9 Å². The van der Waals surface area contributed by atoms with Crippen molar-refractivity contribution in [3.8, 4) is 0 Å². The predicted octanol–water partition coefficient (Wildman–Crippen LogP) is -4.31. The van der Waals surface area contributed by atoms with E-state index in [2.05, 4.69) is 41.9 Å². The van der Waals surface area contributed by atoms with Gasteiger partial charge in [-0.1, -0.05) is 6.92 Å². The van der Waals surface area contributed by atoms with E-state index in [0.717, 1.165) is 0 Å². The van der Waals surface area contributed by atoms with E-state index in [0.29, 0.717) is 18.6 Å². The van der Waals surface area contributed by atoms with E-state index in [1.807, 2.05) is 0 Å². The van der Waals surface area contributed by atoms with Gasteiger partial charge in [0, 0.05) is 32.3 Å². The van der Waals surface area contributed by atoms with Gasteiger partial charge in [0.15, 0.2) is 11.9 Å². The highest BCUT2D eigenvalue weighted by molar-refractivity contribution is 7.98. The molecule has 4 atom stereocenters. The van der Waals surface area contributed by atoms with Gasteiger partial charge in [-0.05, 0) is 38.9 Å².